The Kier molecular flexibility index (Phi) is 0.801. The van der Waals surface area contributed by atoms with Crippen LogP contribution in [0.5, 0.6) is 0 Å². The van der Waals surface area contributed by atoms with E-state index >= 15 is 0 Å². The van der Waals surface area contributed by atoms with E-state index in [9.17, 15) is 0 Å². The number of H-pyrrole nitrogens is 1. The minimum absolute atomic E-state index is 0.370. The Bertz CT molecular complexity index is 232. The van der Waals surface area contributed by atoms with Crippen LogP contribution >= 0.6 is 0 Å². The van der Waals surface area contributed by atoms with E-state index in [2.05, 4.69) is 8.96 Å². The third-order valence-corrected chi connectivity index (χ3v) is 2.68. The molecule has 2 aromatic heterocycles. The molecule has 0 unspecified atom stereocenters. The summed E-state index contributed by atoms with van der Waals surface area (Å²) >= 11 is 0.370. The first-order chi connectivity index (χ1) is 3.97. The van der Waals surface area contributed by atoms with Crippen molar-refractivity contribution in [1.29, 1.82) is 0 Å². The van der Waals surface area contributed by atoms with Gasteiger partial charge >= 0.3 is 51.9 Å². The summed E-state index contributed by atoms with van der Waals surface area (Å²) in [4.78, 5) is 3.02. The second-order valence-corrected chi connectivity index (χ2v) is 3.35. The van der Waals surface area contributed by atoms with E-state index in [0.29, 0.717) is 14.7 Å². The van der Waals surface area contributed by atoms with E-state index in [4.69, 9.17) is 0 Å². The molecule has 0 aliphatic heterocycles. The van der Waals surface area contributed by atoms with Crippen LogP contribution in [0, 0.1) is 0 Å². The van der Waals surface area contributed by atoms with Crippen LogP contribution in [0.4, 0.5) is 0 Å². The number of nitrogens with one attached hydrogen (secondary N) is 1. The number of aromatic nitrogens is 2. The van der Waals surface area contributed by atoms with E-state index in [-0.39, 0.29) is 0 Å². The van der Waals surface area contributed by atoms with Crippen molar-refractivity contribution >= 4 is 24.4 Å². The fraction of sp³-hybridized carbons (Fsp3) is 0. The van der Waals surface area contributed by atoms with Gasteiger partial charge in [0.25, 0.3) is 0 Å². The molecule has 2 nitrogen and oxygen atoms in total. The van der Waals surface area contributed by atoms with E-state index in [1.54, 1.807) is 0 Å². The first-order valence-electron chi connectivity index (χ1n) is 2.34. The van der Waals surface area contributed by atoms with Crippen molar-refractivity contribution in [2.24, 2.45) is 0 Å². The van der Waals surface area contributed by atoms with Crippen LogP contribution in [0.3, 0.4) is 0 Å². The Morgan fingerprint density at radius 3 is 3.38 bits per heavy atom. The molecular weight excluding hydrogens is 167 g/mol. The molecule has 0 saturated carbocycles. The summed E-state index contributed by atoms with van der Waals surface area (Å²) in [6, 6.07) is 0. The molecule has 1 N–H and O–H groups in total. The summed E-state index contributed by atoms with van der Waals surface area (Å²) in [5.74, 6) is 0. The summed E-state index contributed by atoms with van der Waals surface area (Å²) in [5, 5.41) is 1.27. The Morgan fingerprint density at radius 2 is 2.50 bits per heavy atom. The summed E-state index contributed by atoms with van der Waals surface area (Å²) in [6.45, 7) is 0. The van der Waals surface area contributed by atoms with Crippen LogP contribution in [0.2, 0.25) is 0 Å². The van der Waals surface area contributed by atoms with Gasteiger partial charge in [-0.3, -0.25) is 0 Å². The van der Waals surface area contributed by atoms with Gasteiger partial charge in [-0.15, -0.1) is 0 Å². The predicted octanol–water partition coefficient (Wildman–Crippen LogP) is 0.620. The molecule has 2 rings (SSSR count). The van der Waals surface area contributed by atoms with Gasteiger partial charge in [-0.1, -0.05) is 0 Å². The molecule has 0 spiro atoms. The fourth-order valence-corrected chi connectivity index (χ4v) is 1.98. The summed E-state index contributed by atoms with van der Waals surface area (Å²) in [5.41, 5.74) is 0. The van der Waals surface area contributed by atoms with Gasteiger partial charge in [-0.25, -0.2) is 0 Å². The van der Waals surface area contributed by atoms with Gasteiger partial charge in [-0.2, -0.15) is 0 Å². The maximum atomic E-state index is 4.13. The average molecular weight is 171 g/mol. The Hall–Kier alpha value is -0.531. The molecular formula is C5H4N2Se. The van der Waals surface area contributed by atoms with Gasteiger partial charge in [0, 0.05) is 0 Å². The number of fused-ring (bicyclic) bond motifs is 1. The van der Waals surface area contributed by atoms with E-state index < -0.39 is 0 Å². The first-order valence-corrected chi connectivity index (χ1v) is 3.96. The molecule has 8 heavy (non-hydrogen) atoms. The maximum absolute atomic E-state index is 4.13. The zero-order chi connectivity index (χ0) is 5.40. The third kappa shape index (κ3) is 0.457. The van der Waals surface area contributed by atoms with E-state index in [0.717, 1.165) is 0 Å². The summed E-state index contributed by atoms with van der Waals surface area (Å²) in [6.07, 6.45) is 5.92. The monoisotopic (exact) mass is 172 g/mol. The molecule has 3 heteroatoms. The van der Waals surface area contributed by atoms with Crippen molar-refractivity contribution in [3.05, 3.63) is 18.6 Å². The molecule has 0 aliphatic rings. The molecule has 0 bridgehead atoms. The average Bonchev–Trinajstić information content (AvgIpc) is 2.15. The number of rotatable bonds is 0. The Balaban J connectivity index is 3.06. The topological polar surface area (TPSA) is 28.7 Å². The number of hydrogen-bond donors (Lipinski definition) is 1. The third-order valence-electron chi connectivity index (χ3n) is 1.08. The van der Waals surface area contributed by atoms with Crippen molar-refractivity contribution < 1.29 is 0 Å². The summed E-state index contributed by atoms with van der Waals surface area (Å²) in [7, 11) is 0. The Labute approximate surface area is 52.5 Å². The molecule has 2 aromatic rings. The normalized spacial score (nSPS) is 10.5. The van der Waals surface area contributed by atoms with Crippen LogP contribution in [0.25, 0.3) is 9.65 Å². The van der Waals surface area contributed by atoms with Crippen LogP contribution in [-0.4, -0.2) is 23.7 Å². The molecule has 0 amide bonds. The molecule has 0 radical (unpaired) electrons. The van der Waals surface area contributed by atoms with Gasteiger partial charge in [0.2, 0.25) is 0 Å². The van der Waals surface area contributed by atoms with Gasteiger partial charge in [-0.05, 0) is 0 Å². The van der Waals surface area contributed by atoms with E-state index in [1.165, 1.54) is 9.65 Å². The van der Waals surface area contributed by atoms with Crippen LogP contribution in [-0.2, 0) is 0 Å². The van der Waals surface area contributed by atoms with Gasteiger partial charge in [0.15, 0.2) is 0 Å². The number of nitrogens with zero attached hydrogens (tertiary/aromatic N) is 1. The Morgan fingerprint density at radius 1 is 1.50 bits per heavy atom. The van der Waals surface area contributed by atoms with Crippen LogP contribution in [0.1, 0.15) is 0 Å². The zero-order valence-corrected chi connectivity index (χ0v) is 5.80. The standard InChI is InChI=1S/C5H4N2Se/c1-4-2-7-8-5(4)3-6-1/h1-3,6H. The minimum atomic E-state index is 0.370. The predicted molar refractivity (Wildman–Crippen MR) is 33.0 cm³/mol. The molecule has 0 atom stereocenters. The number of aromatic amines is 1. The van der Waals surface area contributed by atoms with Crippen molar-refractivity contribution in [2.45, 2.75) is 0 Å². The molecule has 0 aliphatic carbocycles. The van der Waals surface area contributed by atoms with Crippen molar-refractivity contribution in [3.63, 3.8) is 0 Å². The SMILES string of the molecule is c1n[se]c2c[nH]cc12. The molecule has 2 heterocycles. The fourth-order valence-electron chi connectivity index (χ4n) is 0.681. The summed E-state index contributed by atoms with van der Waals surface area (Å²) < 4.78 is 5.50. The van der Waals surface area contributed by atoms with Crippen molar-refractivity contribution in [3.8, 4) is 0 Å². The van der Waals surface area contributed by atoms with Crippen LogP contribution < -0.4 is 0 Å². The second kappa shape index (κ2) is 1.47. The second-order valence-electron chi connectivity index (χ2n) is 1.60. The van der Waals surface area contributed by atoms with Crippen molar-refractivity contribution in [2.75, 3.05) is 0 Å². The van der Waals surface area contributed by atoms with Gasteiger partial charge in [0.05, 0.1) is 0 Å². The van der Waals surface area contributed by atoms with Gasteiger partial charge in [0.1, 0.15) is 0 Å². The first kappa shape index (κ1) is 4.36. The van der Waals surface area contributed by atoms with Gasteiger partial charge < -0.3 is 0 Å². The molecule has 0 fully saturated rings. The molecule has 0 aromatic carbocycles. The van der Waals surface area contributed by atoms with Crippen molar-refractivity contribution in [1.82, 2.24) is 8.96 Å². The quantitative estimate of drug-likeness (QED) is 0.578. The van der Waals surface area contributed by atoms with E-state index in [1.807, 2.05) is 18.6 Å². The number of hydrogen-bond acceptors (Lipinski definition) is 1. The molecule has 0 saturated heterocycles. The molecule has 40 valence electrons. The zero-order valence-electron chi connectivity index (χ0n) is 4.09. The van der Waals surface area contributed by atoms with Crippen LogP contribution in [0.15, 0.2) is 18.6 Å².